The Morgan fingerprint density at radius 3 is 2.50 bits per heavy atom. The van der Waals surface area contributed by atoms with E-state index in [0.717, 1.165) is 57.2 Å². The van der Waals surface area contributed by atoms with E-state index in [-0.39, 0.29) is 23.0 Å². The van der Waals surface area contributed by atoms with E-state index in [1.807, 2.05) is 0 Å². The number of fused-ring (bicyclic) bond motifs is 1. The second-order valence-corrected chi connectivity index (χ2v) is 12.1. The molecule has 2 saturated heterocycles. The molecule has 0 spiro atoms. The molecule has 3 aliphatic rings. The molecule has 0 radical (unpaired) electrons. The number of benzene rings is 1. The molecule has 2 aromatic rings. The Hall–Kier alpha value is -1.95. The van der Waals surface area contributed by atoms with Crippen LogP contribution in [0.25, 0.3) is 11.3 Å². The highest BCUT2D eigenvalue weighted by atomic mass is 16.3. The molecule has 0 amide bonds. The summed E-state index contributed by atoms with van der Waals surface area (Å²) in [4.78, 5) is 10.00. The topological polar surface area (TPSA) is 51.6 Å². The maximum atomic E-state index is 10.1. The quantitative estimate of drug-likeness (QED) is 0.714. The first-order valence-electron chi connectivity index (χ1n) is 13.2. The number of nitrogens with zero attached hydrogens (tertiary/aromatic N) is 3. The van der Waals surface area contributed by atoms with E-state index in [9.17, 15) is 5.11 Å². The number of anilines is 1. The normalized spacial score (nSPS) is 28.6. The molecule has 0 saturated carbocycles. The molecule has 1 aromatic heterocycles. The first-order chi connectivity index (χ1) is 16.1. The Morgan fingerprint density at radius 1 is 1.03 bits per heavy atom. The third-order valence-electron chi connectivity index (χ3n) is 8.98. The largest absolute Gasteiger partial charge is 0.391 e. The van der Waals surface area contributed by atoms with E-state index < -0.39 is 0 Å². The highest BCUT2D eigenvalue weighted by Crippen LogP contribution is 2.49. The monoisotopic (exact) mass is 462 g/mol. The standard InChI is InChI=1S/C29H42N4O/c1-20-18-28(2,3)22-10-9-21(17-23(22)29(20,4)5)24-7-6-8-27(31-24)33-15-13-32(14-16-33)19-25-26(34)11-12-30-25/h6-10,17,20,25-26,30,34H,11-16,18-19H2,1-5H3. The van der Waals surface area contributed by atoms with Crippen LogP contribution in [-0.2, 0) is 10.8 Å². The fraction of sp³-hybridized carbons (Fsp3) is 0.621. The van der Waals surface area contributed by atoms with Crippen LogP contribution in [0.1, 0.15) is 58.6 Å². The summed E-state index contributed by atoms with van der Waals surface area (Å²) < 4.78 is 0. The van der Waals surface area contributed by atoms with Crippen LogP contribution in [0.4, 0.5) is 5.82 Å². The number of rotatable bonds is 4. The van der Waals surface area contributed by atoms with E-state index in [1.165, 1.54) is 23.1 Å². The van der Waals surface area contributed by atoms with Crippen LogP contribution < -0.4 is 10.2 Å². The van der Waals surface area contributed by atoms with Gasteiger partial charge in [-0.05, 0) is 65.5 Å². The third-order valence-corrected chi connectivity index (χ3v) is 8.98. The zero-order valence-electron chi connectivity index (χ0n) is 21.6. The summed E-state index contributed by atoms with van der Waals surface area (Å²) >= 11 is 0. The van der Waals surface area contributed by atoms with E-state index in [0.29, 0.717) is 5.92 Å². The van der Waals surface area contributed by atoms with Crippen LogP contribution in [0.2, 0.25) is 0 Å². The Balaban J connectivity index is 1.33. The summed E-state index contributed by atoms with van der Waals surface area (Å²) in [6.07, 6.45) is 1.89. The number of piperazine rings is 1. The molecule has 1 aliphatic carbocycles. The lowest BCUT2D eigenvalue weighted by atomic mass is 9.58. The Morgan fingerprint density at radius 2 is 1.79 bits per heavy atom. The summed E-state index contributed by atoms with van der Waals surface area (Å²) in [5.74, 6) is 1.71. The first-order valence-corrected chi connectivity index (χ1v) is 13.2. The lowest BCUT2D eigenvalue weighted by Crippen LogP contribution is -2.51. The van der Waals surface area contributed by atoms with Crippen molar-refractivity contribution in [2.45, 2.75) is 70.4 Å². The average Bonchev–Trinajstić information content (AvgIpc) is 3.22. The second kappa shape index (κ2) is 8.92. The number of aliphatic hydroxyl groups excluding tert-OH is 1. The summed E-state index contributed by atoms with van der Waals surface area (Å²) in [5, 5.41) is 13.6. The molecule has 2 fully saturated rings. The SMILES string of the molecule is CC1CC(C)(C)c2ccc(-c3cccc(N4CCN(CC5NCCC5O)CC4)n3)cc2C1(C)C. The number of aliphatic hydroxyl groups is 1. The predicted molar refractivity (Wildman–Crippen MR) is 141 cm³/mol. The van der Waals surface area contributed by atoms with Crippen molar-refractivity contribution in [3.8, 4) is 11.3 Å². The highest BCUT2D eigenvalue weighted by Gasteiger charge is 2.42. The van der Waals surface area contributed by atoms with Gasteiger partial charge in [0.05, 0.1) is 11.8 Å². The van der Waals surface area contributed by atoms with Crippen molar-refractivity contribution in [1.82, 2.24) is 15.2 Å². The minimum Gasteiger partial charge on any atom is -0.391 e. The maximum Gasteiger partial charge on any atom is 0.129 e. The van der Waals surface area contributed by atoms with E-state index in [2.05, 4.69) is 86.1 Å². The van der Waals surface area contributed by atoms with Crippen LogP contribution in [0.15, 0.2) is 36.4 Å². The number of hydrogen-bond acceptors (Lipinski definition) is 5. The zero-order chi connectivity index (χ0) is 24.1. The molecular formula is C29H42N4O. The maximum absolute atomic E-state index is 10.1. The van der Waals surface area contributed by atoms with Crippen molar-refractivity contribution in [2.24, 2.45) is 5.92 Å². The third kappa shape index (κ3) is 4.38. The van der Waals surface area contributed by atoms with Crippen molar-refractivity contribution in [3.63, 3.8) is 0 Å². The van der Waals surface area contributed by atoms with Crippen molar-refractivity contribution >= 4 is 5.82 Å². The summed E-state index contributed by atoms with van der Waals surface area (Å²) in [5.41, 5.74) is 5.63. The predicted octanol–water partition coefficient (Wildman–Crippen LogP) is 4.19. The molecule has 184 valence electrons. The van der Waals surface area contributed by atoms with Crippen LogP contribution in [0, 0.1) is 5.92 Å². The van der Waals surface area contributed by atoms with Crippen molar-refractivity contribution in [3.05, 3.63) is 47.5 Å². The van der Waals surface area contributed by atoms with E-state index in [4.69, 9.17) is 4.98 Å². The van der Waals surface area contributed by atoms with Gasteiger partial charge < -0.3 is 15.3 Å². The number of hydrogen-bond donors (Lipinski definition) is 2. The molecule has 3 atom stereocenters. The smallest absolute Gasteiger partial charge is 0.129 e. The van der Waals surface area contributed by atoms with Gasteiger partial charge in [0, 0.05) is 44.3 Å². The minimum absolute atomic E-state index is 0.163. The van der Waals surface area contributed by atoms with Gasteiger partial charge in [-0.25, -0.2) is 4.98 Å². The molecule has 5 heteroatoms. The number of aromatic nitrogens is 1. The van der Waals surface area contributed by atoms with Crippen molar-refractivity contribution in [2.75, 3.05) is 44.2 Å². The van der Waals surface area contributed by atoms with E-state index >= 15 is 0 Å². The van der Waals surface area contributed by atoms with Gasteiger partial charge in [-0.1, -0.05) is 52.8 Å². The Labute approximate surface area is 205 Å². The summed E-state index contributed by atoms with van der Waals surface area (Å²) in [6, 6.07) is 13.7. The Kier molecular flexibility index (Phi) is 6.24. The number of pyridine rings is 1. The molecule has 2 N–H and O–H groups in total. The summed E-state index contributed by atoms with van der Waals surface area (Å²) in [6.45, 7) is 17.8. The molecular weight excluding hydrogens is 420 g/mol. The molecule has 2 aliphatic heterocycles. The Bertz CT molecular complexity index is 1020. The van der Waals surface area contributed by atoms with Crippen LogP contribution in [0.3, 0.4) is 0 Å². The minimum atomic E-state index is -0.202. The van der Waals surface area contributed by atoms with Gasteiger partial charge in [0.1, 0.15) is 5.82 Å². The van der Waals surface area contributed by atoms with Gasteiger partial charge in [0.15, 0.2) is 0 Å². The average molecular weight is 463 g/mol. The second-order valence-electron chi connectivity index (χ2n) is 12.1. The molecule has 3 unspecified atom stereocenters. The first kappa shape index (κ1) is 23.8. The fourth-order valence-corrected chi connectivity index (χ4v) is 6.36. The zero-order valence-corrected chi connectivity index (χ0v) is 21.6. The summed E-state index contributed by atoms with van der Waals surface area (Å²) in [7, 11) is 0. The lowest BCUT2D eigenvalue weighted by molar-refractivity contribution is 0.127. The van der Waals surface area contributed by atoms with Crippen molar-refractivity contribution < 1.29 is 5.11 Å². The van der Waals surface area contributed by atoms with Gasteiger partial charge in [-0.3, -0.25) is 4.90 Å². The molecule has 3 heterocycles. The molecule has 1 aromatic carbocycles. The van der Waals surface area contributed by atoms with Gasteiger partial charge >= 0.3 is 0 Å². The van der Waals surface area contributed by atoms with Gasteiger partial charge in [0.25, 0.3) is 0 Å². The fourth-order valence-electron chi connectivity index (χ4n) is 6.36. The molecule has 34 heavy (non-hydrogen) atoms. The highest BCUT2D eigenvalue weighted by molar-refractivity contribution is 5.65. The molecule has 0 bridgehead atoms. The molecule has 5 rings (SSSR count). The van der Waals surface area contributed by atoms with Gasteiger partial charge in [-0.2, -0.15) is 0 Å². The van der Waals surface area contributed by atoms with Crippen molar-refractivity contribution in [1.29, 1.82) is 0 Å². The lowest BCUT2D eigenvalue weighted by Gasteiger charge is -2.46. The van der Waals surface area contributed by atoms with Gasteiger partial charge in [0.2, 0.25) is 0 Å². The molecule has 5 nitrogen and oxygen atoms in total. The number of nitrogens with one attached hydrogen (secondary N) is 1. The van der Waals surface area contributed by atoms with Crippen LogP contribution in [0.5, 0.6) is 0 Å². The van der Waals surface area contributed by atoms with Gasteiger partial charge in [-0.15, -0.1) is 0 Å². The van der Waals surface area contributed by atoms with E-state index in [1.54, 1.807) is 0 Å². The van der Waals surface area contributed by atoms with Crippen LogP contribution >= 0.6 is 0 Å². The van der Waals surface area contributed by atoms with Crippen LogP contribution in [-0.4, -0.2) is 66.4 Å².